The van der Waals surface area contributed by atoms with Crippen molar-refractivity contribution in [1.82, 2.24) is 20.5 Å². The van der Waals surface area contributed by atoms with E-state index in [9.17, 15) is 5.26 Å². The molecule has 2 heterocycles. The van der Waals surface area contributed by atoms with Gasteiger partial charge in [0.25, 0.3) is 0 Å². The summed E-state index contributed by atoms with van der Waals surface area (Å²) in [6, 6.07) is 24.8. The van der Waals surface area contributed by atoms with Crippen molar-refractivity contribution >= 4 is 5.96 Å². The summed E-state index contributed by atoms with van der Waals surface area (Å²) in [5.74, 6) is 1.55. The fourth-order valence-corrected chi connectivity index (χ4v) is 4.84. The number of hydrogen-bond acceptors (Lipinski definition) is 5. The highest BCUT2D eigenvalue weighted by Crippen LogP contribution is 2.25. The Bertz CT molecular complexity index is 1120. The number of hydrogen-bond donors (Lipinski definition) is 2. The summed E-state index contributed by atoms with van der Waals surface area (Å²) in [7, 11) is 0. The monoisotopic (exact) mass is 510 g/mol. The number of aromatic nitrogens is 1. The Balaban J connectivity index is 1.23. The number of rotatable bonds is 12. The molecule has 38 heavy (non-hydrogen) atoms. The normalized spacial score (nSPS) is 14.9. The number of pyridine rings is 1. The Morgan fingerprint density at radius 1 is 1.03 bits per heavy atom. The zero-order valence-corrected chi connectivity index (χ0v) is 22.1. The number of benzene rings is 2. The van der Waals surface area contributed by atoms with Crippen LogP contribution in [0.3, 0.4) is 0 Å². The highest BCUT2D eigenvalue weighted by molar-refractivity contribution is 5.81. The molecule has 1 aliphatic rings. The van der Waals surface area contributed by atoms with E-state index in [0.29, 0.717) is 25.7 Å². The first-order valence-corrected chi connectivity index (χ1v) is 13.7. The molecule has 1 aliphatic heterocycles. The maximum absolute atomic E-state index is 9.18. The van der Waals surface area contributed by atoms with E-state index in [2.05, 4.69) is 74.0 Å². The van der Waals surface area contributed by atoms with Gasteiger partial charge in [0.15, 0.2) is 6.19 Å². The maximum Gasteiger partial charge on any atom is 0.204 e. The predicted molar refractivity (Wildman–Crippen MR) is 152 cm³/mol. The zero-order valence-electron chi connectivity index (χ0n) is 22.1. The van der Waals surface area contributed by atoms with Crippen molar-refractivity contribution in [3.8, 4) is 11.9 Å². The first-order chi connectivity index (χ1) is 18.8. The average Bonchev–Trinajstić information content (AvgIpc) is 2.97. The quantitative estimate of drug-likeness (QED) is 0.116. The van der Waals surface area contributed by atoms with Gasteiger partial charge in [0.1, 0.15) is 5.75 Å². The van der Waals surface area contributed by atoms with Gasteiger partial charge in [0.2, 0.25) is 5.96 Å². The Morgan fingerprint density at radius 2 is 1.87 bits per heavy atom. The van der Waals surface area contributed by atoms with Gasteiger partial charge in [-0.05, 0) is 67.7 Å². The smallest absolute Gasteiger partial charge is 0.204 e. The summed E-state index contributed by atoms with van der Waals surface area (Å²) >= 11 is 0. The van der Waals surface area contributed by atoms with Crippen molar-refractivity contribution in [2.24, 2.45) is 4.99 Å². The fourth-order valence-electron chi connectivity index (χ4n) is 4.84. The summed E-state index contributed by atoms with van der Waals surface area (Å²) < 4.78 is 5.99. The van der Waals surface area contributed by atoms with Crippen LogP contribution in [0.4, 0.5) is 0 Å². The Labute approximate surface area is 226 Å². The minimum Gasteiger partial charge on any atom is -0.494 e. The second-order valence-corrected chi connectivity index (χ2v) is 9.59. The summed E-state index contributed by atoms with van der Waals surface area (Å²) in [4.78, 5) is 11.6. The summed E-state index contributed by atoms with van der Waals surface area (Å²) in [6.45, 7) is 5.16. The van der Waals surface area contributed by atoms with Gasteiger partial charge in [-0.3, -0.25) is 20.2 Å². The van der Waals surface area contributed by atoms with Crippen LogP contribution in [-0.4, -0.2) is 48.6 Å². The largest absolute Gasteiger partial charge is 0.494 e. The van der Waals surface area contributed by atoms with E-state index in [1.165, 1.54) is 43.5 Å². The van der Waals surface area contributed by atoms with Crippen LogP contribution in [0, 0.1) is 11.5 Å². The van der Waals surface area contributed by atoms with Crippen LogP contribution in [0.1, 0.15) is 54.8 Å². The van der Waals surface area contributed by atoms with Gasteiger partial charge in [-0.25, -0.2) is 0 Å². The number of piperidine rings is 1. The van der Waals surface area contributed by atoms with Gasteiger partial charge >= 0.3 is 0 Å². The standard InChI is InChI=1S/C31H38N6O/c32-25-36-31(35-19-16-29(27-12-3-1-4-13-27)30-15-5-6-17-33-30)34-18-10-22-38-28-14-9-11-26(23-28)24-37-20-7-2-8-21-37/h1,3-6,9,11-15,17,23,29H,2,7-8,10,16,18-22,24H2,(H2,34,35,36). The van der Waals surface area contributed by atoms with E-state index >= 15 is 0 Å². The van der Waals surface area contributed by atoms with Gasteiger partial charge in [0.05, 0.1) is 6.61 Å². The molecule has 7 heteroatoms. The predicted octanol–water partition coefficient (Wildman–Crippen LogP) is 5.07. The molecule has 1 unspecified atom stereocenters. The van der Waals surface area contributed by atoms with Crippen molar-refractivity contribution in [2.45, 2.75) is 44.6 Å². The van der Waals surface area contributed by atoms with Gasteiger partial charge in [-0.1, -0.05) is 55.0 Å². The van der Waals surface area contributed by atoms with E-state index in [-0.39, 0.29) is 5.92 Å². The third-order valence-corrected chi connectivity index (χ3v) is 6.74. The van der Waals surface area contributed by atoms with Crippen LogP contribution < -0.4 is 15.4 Å². The molecule has 1 saturated heterocycles. The first kappa shape index (κ1) is 27.2. The Hall–Kier alpha value is -3.89. The van der Waals surface area contributed by atoms with Crippen molar-refractivity contribution in [2.75, 3.05) is 32.8 Å². The highest BCUT2D eigenvalue weighted by Gasteiger charge is 2.15. The van der Waals surface area contributed by atoms with Crippen LogP contribution in [0.15, 0.2) is 84.0 Å². The van der Waals surface area contributed by atoms with Gasteiger partial charge < -0.3 is 10.1 Å². The third kappa shape index (κ3) is 8.89. The summed E-state index contributed by atoms with van der Waals surface area (Å²) in [5.41, 5.74) is 3.55. The Kier molecular flexibility index (Phi) is 11.0. The van der Waals surface area contributed by atoms with Crippen LogP contribution in [0.2, 0.25) is 0 Å². The molecule has 0 spiro atoms. The molecular formula is C31H38N6O. The molecule has 1 fully saturated rings. The van der Waals surface area contributed by atoms with E-state index in [1.807, 2.05) is 36.7 Å². The molecule has 0 saturated carbocycles. The fraction of sp³-hybridized carbons (Fsp3) is 0.387. The number of ether oxygens (including phenoxy) is 1. The maximum atomic E-state index is 9.18. The average molecular weight is 511 g/mol. The molecule has 4 rings (SSSR count). The lowest BCUT2D eigenvalue weighted by atomic mass is 9.92. The van der Waals surface area contributed by atoms with Crippen molar-refractivity contribution in [3.05, 3.63) is 95.8 Å². The van der Waals surface area contributed by atoms with Crippen LogP contribution in [0.5, 0.6) is 5.75 Å². The summed E-state index contributed by atoms with van der Waals surface area (Å²) in [6.07, 6.45) is 9.34. The molecule has 0 radical (unpaired) electrons. The number of likely N-dealkylation sites (tertiary alicyclic amines) is 1. The van der Waals surface area contributed by atoms with E-state index in [4.69, 9.17) is 4.74 Å². The number of guanidine groups is 1. The minimum absolute atomic E-state index is 0.160. The Morgan fingerprint density at radius 3 is 2.66 bits per heavy atom. The number of nitriles is 1. The summed E-state index contributed by atoms with van der Waals surface area (Å²) in [5, 5.41) is 15.1. The zero-order chi connectivity index (χ0) is 26.3. The van der Waals surface area contributed by atoms with Crippen LogP contribution in [-0.2, 0) is 6.54 Å². The molecular weight excluding hydrogens is 472 g/mol. The molecule has 7 nitrogen and oxygen atoms in total. The van der Waals surface area contributed by atoms with Gasteiger partial charge in [-0.2, -0.15) is 5.26 Å². The lowest BCUT2D eigenvalue weighted by molar-refractivity contribution is 0.220. The van der Waals surface area contributed by atoms with Crippen molar-refractivity contribution in [3.63, 3.8) is 0 Å². The topological polar surface area (TPSA) is 85.6 Å². The molecule has 0 bridgehead atoms. The van der Waals surface area contributed by atoms with Gasteiger partial charge in [0, 0.05) is 43.9 Å². The number of nitrogens with zero attached hydrogens (tertiary/aromatic N) is 4. The minimum atomic E-state index is 0.160. The second kappa shape index (κ2) is 15.4. The van der Waals surface area contributed by atoms with Crippen LogP contribution >= 0.6 is 0 Å². The molecule has 2 aromatic carbocycles. The lowest BCUT2D eigenvalue weighted by Crippen LogP contribution is -2.36. The molecule has 0 aliphatic carbocycles. The molecule has 1 aromatic heterocycles. The van der Waals surface area contributed by atoms with E-state index in [0.717, 1.165) is 30.8 Å². The number of aliphatic imine (C=N–C) groups is 1. The first-order valence-electron chi connectivity index (χ1n) is 13.7. The van der Waals surface area contributed by atoms with E-state index in [1.54, 1.807) is 0 Å². The van der Waals surface area contributed by atoms with Crippen molar-refractivity contribution in [1.29, 1.82) is 5.26 Å². The molecule has 198 valence electrons. The highest BCUT2D eigenvalue weighted by atomic mass is 16.5. The molecule has 3 aromatic rings. The molecule has 2 N–H and O–H groups in total. The van der Waals surface area contributed by atoms with Gasteiger partial charge in [-0.15, -0.1) is 0 Å². The van der Waals surface area contributed by atoms with Crippen LogP contribution in [0.25, 0.3) is 0 Å². The van der Waals surface area contributed by atoms with E-state index < -0.39 is 0 Å². The third-order valence-electron chi connectivity index (χ3n) is 6.74. The molecule has 0 amide bonds. The second-order valence-electron chi connectivity index (χ2n) is 9.59. The SMILES string of the molecule is N#CNC(=NCCCOc1cccc(CN2CCCCC2)c1)NCCC(c1ccccc1)c1ccccn1. The lowest BCUT2D eigenvalue weighted by Gasteiger charge is -2.26. The number of nitrogens with one attached hydrogen (secondary N) is 2. The molecule has 1 atom stereocenters. The van der Waals surface area contributed by atoms with Crippen molar-refractivity contribution < 1.29 is 4.74 Å².